The Bertz CT molecular complexity index is 2660. The first-order valence-corrected chi connectivity index (χ1v) is 26.0. The van der Waals surface area contributed by atoms with Crippen LogP contribution in [0.5, 0.6) is 11.6 Å². The van der Waals surface area contributed by atoms with Gasteiger partial charge in [-0.3, -0.25) is 14.4 Å². The lowest BCUT2D eigenvalue weighted by Gasteiger charge is -2.43. The van der Waals surface area contributed by atoms with Crippen molar-refractivity contribution in [1.29, 1.82) is 0 Å². The Labute approximate surface area is 435 Å². The second kappa shape index (κ2) is 25.2. The Balaban J connectivity index is 0.667. The molecule has 3 aliphatic heterocycles. The fraction of sp³-hybridized carbons (Fsp3) is 0.491. The average Bonchev–Trinajstić information content (AvgIpc) is 4.08. The van der Waals surface area contributed by atoms with Crippen LogP contribution in [0.1, 0.15) is 51.3 Å². The van der Waals surface area contributed by atoms with Crippen LogP contribution >= 0.6 is 11.3 Å². The van der Waals surface area contributed by atoms with Crippen molar-refractivity contribution in [2.45, 2.75) is 83.8 Å². The van der Waals surface area contributed by atoms with E-state index in [2.05, 4.69) is 40.6 Å². The van der Waals surface area contributed by atoms with Gasteiger partial charge in [-0.2, -0.15) is 0 Å². The second-order valence-corrected chi connectivity index (χ2v) is 20.6. The van der Waals surface area contributed by atoms with E-state index in [0.717, 1.165) is 59.0 Å². The molecule has 3 fully saturated rings. The number of phenols is 1. The van der Waals surface area contributed by atoms with Gasteiger partial charge in [0.2, 0.25) is 23.6 Å². The van der Waals surface area contributed by atoms with Gasteiger partial charge in [0.1, 0.15) is 31.0 Å². The fourth-order valence-electron chi connectivity index (χ4n) is 9.64. The molecule has 6 N–H and O–H groups in total. The van der Waals surface area contributed by atoms with Crippen molar-refractivity contribution in [3.05, 3.63) is 89.7 Å². The summed E-state index contributed by atoms with van der Waals surface area (Å²) >= 11 is 1.57. The number of fused-ring (bicyclic) bond motifs is 2. The number of thiazole rings is 1. The summed E-state index contributed by atoms with van der Waals surface area (Å²) in [6.07, 6.45) is 3.07. The van der Waals surface area contributed by atoms with Crippen LogP contribution < -0.4 is 30.9 Å². The normalized spacial score (nSPS) is 18.9. The number of carbonyl (C=O) groups excluding carboxylic acids is 3. The van der Waals surface area contributed by atoms with Crippen LogP contribution in [-0.4, -0.2) is 162 Å². The molecule has 20 nitrogen and oxygen atoms in total. The second-order valence-electron chi connectivity index (χ2n) is 19.7. The van der Waals surface area contributed by atoms with Crippen LogP contribution in [0.3, 0.4) is 0 Å². The predicted octanol–water partition coefficient (Wildman–Crippen LogP) is 4.37. The number of nitrogens with two attached hydrogens (primary N) is 1. The summed E-state index contributed by atoms with van der Waals surface area (Å²) < 4.78 is 28.4. The summed E-state index contributed by atoms with van der Waals surface area (Å²) in [5, 5.41) is 35.2. The zero-order valence-electron chi connectivity index (χ0n) is 42.5. The molecule has 6 heterocycles. The van der Waals surface area contributed by atoms with Crippen molar-refractivity contribution in [3.8, 4) is 33.3 Å². The molecular formula is C53H68N10O10S. The van der Waals surface area contributed by atoms with Gasteiger partial charge >= 0.3 is 0 Å². The zero-order valence-corrected chi connectivity index (χ0v) is 43.3. The smallest absolute Gasteiger partial charge is 0.246 e. The first kappa shape index (κ1) is 53.8. The van der Waals surface area contributed by atoms with Crippen LogP contribution in [0.2, 0.25) is 0 Å². The molecule has 74 heavy (non-hydrogen) atoms. The quantitative estimate of drug-likeness (QED) is 0.0539. The first-order chi connectivity index (χ1) is 35.7. The first-order valence-electron chi connectivity index (χ1n) is 25.1. The number of aromatic nitrogens is 4. The number of aliphatic hydroxyl groups excluding tert-OH is 1. The topological polar surface area (TPSA) is 249 Å². The van der Waals surface area contributed by atoms with E-state index in [-0.39, 0.29) is 63.1 Å². The van der Waals surface area contributed by atoms with Gasteiger partial charge in [0, 0.05) is 68.2 Å². The van der Waals surface area contributed by atoms with Crippen LogP contribution in [0.25, 0.3) is 21.7 Å². The molecule has 396 valence electrons. The highest BCUT2D eigenvalue weighted by Crippen LogP contribution is 2.39. The minimum Gasteiger partial charge on any atom is -0.507 e. The molecular weight excluding hydrogens is 969 g/mol. The number of amides is 3. The third-order valence-electron chi connectivity index (χ3n) is 13.4. The fourth-order valence-corrected chi connectivity index (χ4v) is 10.5. The van der Waals surface area contributed by atoms with E-state index >= 15 is 0 Å². The lowest BCUT2D eigenvalue weighted by molar-refractivity contribution is -0.144. The molecule has 2 bridgehead atoms. The number of carbonyl (C=O) groups is 3. The van der Waals surface area contributed by atoms with Crippen LogP contribution in [0.4, 0.5) is 17.2 Å². The van der Waals surface area contributed by atoms with E-state index in [4.69, 9.17) is 29.4 Å². The Morgan fingerprint density at radius 2 is 1.53 bits per heavy atom. The number of aliphatic hydroxyl groups is 1. The van der Waals surface area contributed by atoms with Crippen molar-refractivity contribution >= 4 is 46.3 Å². The number of nitrogens with zero attached hydrogens (tertiary/aromatic N) is 7. The van der Waals surface area contributed by atoms with Gasteiger partial charge in [-0.15, -0.1) is 21.5 Å². The van der Waals surface area contributed by atoms with Crippen molar-refractivity contribution in [1.82, 2.24) is 35.7 Å². The number of ether oxygens (including phenoxy) is 5. The van der Waals surface area contributed by atoms with Crippen molar-refractivity contribution in [2.75, 3.05) is 94.6 Å². The number of hydrogen-bond donors (Lipinski definition) is 5. The predicted molar refractivity (Wildman–Crippen MR) is 280 cm³/mol. The number of likely N-dealkylation sites (tertiary alicyclic amines) is 1. The van der Waals surface area contributed by atoms with Gasteiger partial charge < -0.3 is 65.0 Å². The van der Waals surface area contributed by atoms with Gasteiger partial charge in [0.15, 0.2) is 5.82 Å². The van der Waals surface area contributed by atoms with E-state index in [1.807, 2.05) is 87.8 Å². The third kappa shape index (κ3) is 13.8. The van der Waals surface area contributed by atoms with Gasteiger partial charge in [0.25, 0.3) is 0 Å². The summed E-state index contributed by atoms with van der Waals surface area (Å²) in [5.74, 6) is -0.276. The Morgan fingerprint density at radius 1 is 0.851 bits per heavy atom. The van der Waals surface area contributed by atoms with Crippen molar-refractivity contribution in [2.24, 2.45) is 5.41 Å². The number of rotatable bonds is 24. The molecule has 0 saturated carbocycles. The van der Waals surface area contributed by atoms with Gasteiger partial charge in [-0.1, -0.05) is 57.2 Å². The van der Waals surface area contributed by atoms with E-state index in [1.54, 1.807) is 29.7 Å². The monoisotopic (exact) mass is 1040 g/mol. The molecule has 2 aromatic carbocycles. The molecule has 3 aliphatic rings. The van der Waals surface area contributed by atoms with Gasteiger partial charge in [-0.25, -0.2) is 9.97 Å². The highest BCUT2D eigenvalue weighted by Gasteiger charge is 2.45. The zero-order chi connectivity index (χ0) is 52.2. The molecule has 8 rings (SSSR count). The van der Waals surface area contributed by atoms with E-state index in [0.29, 0.717) is 62.6 Å². The van der Waals surface area contributed by atoms with Gasteiger partial charge in [-0.05, 0) is 60.6 Å². The van der Waals surface area contributed by atoms with Crippen molar-refractivity contribution < 1.29 is 48.3 Å². The number of aromatic hydroxyl groups is 1. The number of pyridine rings is 1. The van der Waals surface area contributed by atoms with Crippen LogP contribution in [0.15, 0.2) is 78.4 Å². The maximum Gasteiger partial charge on any atom is 0.246 e. The lowest BCUT2D eigenvalue weighted by atomic mass is 9.85. The lowest BCUT2D eigenvalue weighted by Crippen LogP contribution is -2.58. The summed E-state index contributed by atoms with van der Waals surface area (Å²) in [6, 6.07) is 19.5. The van der Waals surface area contributed by atoms with Gasteiger partial charge in [0.05, 0.1) is 79.8 Å². The van der Waals surface area contributed by atoms with Crippen LogP contribution in [-0.2, 0) is 39.9 Å². The number of hydrogen-bond acceptors (Lipinski definition) is 18. The number of para-hydroxylation sites is 1. The number of benzene rings is 2. The number of β-amino-alcohol motifs (C(OH)–C–C–N with tert-alkyl or cyclic N) is 1. The Morgan fingerprint density at radius 3 is 2.19 bits per heavy atom. The molecule has 0 aliphatic carbocycles. The molecule has 21 heteroatoms. The number of nitrogens with one attached hydrogen (secondary N) is 2. The standard InChI is InChI=1S/C53H68N10O10S/c1-34-48(74-33-57-34)36-11-9-35(10-12-36)28-56-51(67)44-26-40(64)31-62(44)52(68)49(53(2,3)4)58-46(66)32-72-22-21-70-18-17-69-19-20-71-23-24-73-47-25-37(15-16-55-47)63-38-13-14-39(63)30-61(29-38)43-27-42(59-60-50(43)54)41-7-5-6-8-45(41)65/h5-12,15-16,25,27,33,38-40,44,49,64-65H,13-14,17-24,26,28-32H2,1-4H3,(H2,54,60)(H,56,67)(H,58,66)/t38?,39?,40-,44+,49-/m1/s1. The summed E-state index contributed by atoms with van der Waals surface area (Å²) in [5.41, 5.74) is 13.4. The number of nitrogen functional groups attached to an aromatic ring is 1. The molecule has 0 spiro atoms. The third-order valence-corrected chi connectivity index (χ3v) is 14.3. The molecule has 0 radical (unpaired) electrons. The summed E-state index contributed by atoms with van der Waals surface area (Å²) in [7, 11) is 0. The number of anilines is 3. The molecule has 3 saturated heterocycles. The SMILES string of the molecule is Cc1ncsc1-c1ccc(CNC(=O)[C@@H]2C[C@@H](O)CN2C(=O)[C@@H](NC(=O)COCCOCCOCCOCCOc2cc(N3C4CCC3CN(c3cc(-c5ccccc5O)nnc3N)C4)ccn2)C(C)(C)C)cc1. The largest absolute Gasteiger partial charge is 0.507 e. The Hall–Kier alpha value is -6.49. The maximum absolute atomic E-state index is 14.0. The maximum atomic E-state index is 14.0. The van der Waals surface area contributed by atoms with Crippen molar-refractivity contribution in [3.63, 3.8) is 0 Å². The Kier molecular flexibility index (Phi) is 18.3. The molecule has 3 aromatic heterocycles. The highest BCUT2D eigenvalue weighted by molar-refractivity contribution is 7.13. The molecule has 5 aromatic rings. The highest BCUT2D eigenvalue weighted by atomic mass is 32.1. The molecule has 2 unspecified atom stereocenters. The number of phenolic OH excluding ortho intramolecular Hbond substituents is 1. The van der Waals surface area contributed by atoms with E-state index in [1.165, 1.54) is 4.90 Å². The average molecular weight is 1040 g/mol. The van der Waals surface area contributed by atoms with E-state index in [9.17, 15) is 24.6 Å². The number of aryl methyl sites for hydroxylation is 1. The summed E-state index contributed by atoms with van der Waals surface area (Å²) in [6.45, 7) is 11.4. The van der Waals surface area contributed by atoms with Crippen LogP contribution in [0, 0.1) is 12.3 Å². The molecule has 5 atom stereocenters. The van der Waals surface area contributed by atoms with E-state index < -0.39 is 35.4 Å². The number of piperazine rings is 1. The minimum atomic E-state index is -0.969. The summed E-state index contributed by atoms with van der Waals surface area (Å²) in [4.78, 5) is 56.3. The minimum absolute atomic E-state index is 0.0194. The molecule has 3 amide bonds.